The number of rotatable bonds is 7. The van der Waals surface area contributed by atoms with E-state index in [9.17, 15) is 9.18 Å². The summed E-state index contributed by atoms with van der Waals surface area (Å²) in [7, 11) is 1.66. The van der Waals surface area contributed by atoms with Gasteiger partial charge in [-0.15, -0.1) is 0 Å². The average Bonchev–Trinajstić information content (AvgIpc) is 2.85. The third-order valence-corrected chi connectivity index (χ3v) is 6.73. The molecule has 0 atom stereocenters. The molecule has 2 heterocycles. The van der Waals surface area contributed by atoms with E-state index in [1.54, 1.807) is 25.3 Å². The summed E-state index contributed by atoms with van der Waals surface area (Å²) in [4.78, 5) is 17.2. The Morgan fingerprint density at radius 2 is 1.66 bits per heavy atom. The predicted molar refractivity (Wildman–Crippen MR) is 123 cm³/mol. The van der Waals surface area contributed by atoms with E-state index in [2.05, 4.69) is 4.90 Å². The van der Waals surface area contributed by atoms with Crippen LogP contribution in [0.4, 0.5) is 4.39 Å². The number of benzene rings is 2. The van der Waals surface area contributed by atoms with Crippen LogP contribution in [0.1, 0.15) is 37.7 Å². The van der Waals surface area contributed by atoms with Gasteiger partial charge in [-0.3, -0.25) is 9.69 Å². The first kappa shape index (κ1) is 22.6. The maximum atomic E-state index is 13.8. The standard InChI is InChI=1S/C26H33FN2O3/c1-31-22-9-6-20(7-10-22)8-11-26(30)29-16-12-21(13-17-29)28-18-14-23(15-19-28)32-25-5-3-2-4-24(25)27/h2-7,9-10,21,23H,8,11-19H2,1H3. The van der Waals surface area contributed by atoms with Crippen molar-refractivity contribution in [3.63, 3.8) is 0 Å². The van der Waals surface area contributed by atoms with Crippen molar-refractivity contribution in [3.05, 3.63) is 59.9 Å². The van der Waals surface area contributed by atoms with Crippen molar-refractivity contribution in [3.8, 4) is 11.5 Å². The van der Waals surface area contributed by atoms with Crippen LogP contribution in [0, 0.1) is 5.82 Å². The third kappa shape index (κ3) is 5.80. The van der Waals surface area contributed by atoms with Crippen LogP contribution in [0.25, 0.3) is 0 Å². The second-order valence-corrected chi connectivity index (χ2v) is 8.74. The number of carbonyl (C=O) groups excluding carboxylic acids is 1. The van der Waals surface area contributed by atoms with Gasteiger partial charge < -0.3 is 14.4 Å². The van der Waals surface area contributed by atoms with Crippen molar-refractivity contribution < 1.29 is 18.7 Å². The van der Waals surface area contributed by atoms with Crippen molar-refractivity contribution in [1.82, 2.24) is 9.80 Å². The number of halogens is 1. The van der Waals surface area contributed by atoms with Crippen LogP contribution in [-0.2, 0) is 11.2 Å². The molecule has 6 heteroatoms. The van der Waals surface area contributed by atoms with Crippen LogP contribution in [-0.4, -0.2) is 61.1 Å². The number of nitrogens with zero attached hydrogens (tertiary/aromatic N) is 2. The Labute approximate surface area is 190 Å². The number of carbonyl (C=O) groups is 1. The molecule has 2 fully saturated rings. The van der Waals surface area contributed by atoms with Gasteiger partial charge in [0.25, 0.3) is 0 Å². The number of aryl methyl sites for hydroxylation is 1. The highest BCUT2D eigenvalue weighted by molar-refractivity contribution is 5.76. The van der Waals surface area contributed by atoms with Gasteiger partial charge in [0.15, 0.2) is 11.6 Å². The van der Waals surface area contributed by atoms with E-state index in [1.165, 1.54) is 6.07 Å². The van der Waals surface area contributed by atoms with Crippen molar-refractivity contribution in [2.24, 2.45) is 0 Å². The number of likely N-dealkylation sites (tertiary alicyclic amines) is 2. The number of hydrogen-bond acceptors (Lipinski definition) is 4. The summed E-state index contributed by atoms with van der Waals surface area (Å²) in [6.45, 7) is 3.60. The smallest absolute Gasteiger partial charge is 0.222 e. The summed E-state index contributed by atoms with van der Waals surface area (Å²) in [5.74, 6) is 1.15. The Hall–Kier alpha value is -2.60. The fourth-order valence-electron chi connectivity index (χ4n) is 4.76. The van der Waals surface area contributed by atoms with Gasteiger partial charge in [-0.05, 0) is 61.9 Å². The van der Waals surface area contributed by atoms with Crippen LogP contribution in [0.3, 0.4) is 0 Å². The number of methoxy groups -OCH3 is 1. The summed E-state index contributed by atoms with van der Waals surface area (Å²) < 4.78 is 24.9. The minimum atomic E-state index is -0.293. The molecule has 0 spiro atoms. The van der Waals surface area contributed by atoms with Crippen LogP contribution in [0.5, 0.6) is 11.5 Å². The topological polar surface area (TPSA) is 42.0 Å². The average molecular weight is 441 g/mol. The van der Waals surface area contributed by atoms with E-state index in [4.69, 9.17) is 9.47 Å². The first-order valence-corrected chi connectivity index (χ1v) is 11.7. The summed E-state index contributed by atoms with van der Waals surface area (Å²) in [5.41, 5.74) is 1.16. The zero-order valence-corrected chi connectivity index (χ0v) is 18.8. The molecule has 1 amide bonds. The number of para-hydroxylation sites is 1. The highest BCUT2D eigenvalue weighted by atomic mass is 19.1. The van der Waals surface area contributed by atoms with Gasteiger partial charge in [0.2, 0.25) is 5.91 Å². The third-order valence-electron chi connectivity index (χ3n) is 6.73. The molecule has 0 bridgehead atoms. The van der Waals surface area contributed by atoms with Gasteiger partial charge in [-0.25, -0.2) is 4.39 Å². The lowest BCUT2D eigenvalue weighted by molar-refractivity contribution is -0.132. The van der Waals surface area contributed by atoms with Gasteiger partial charge in [-0.2, -0.15) is 0 Å². The maximum absolute atomic E-state index is 13.8. The first-order valence-electron chi connectivity index (χ1n) is 11.7. The fourth-order valence-corrected chi connectivity index (χ4v) is 4.76. The number of piperidine rings is 2. The lowest BCUT2D eigenvalue weighted by atomic mass is 9.98. The minimum absolute atomic E-state index is 0.0720. The van der Waals surface area contributed by atoms with Gasteiger partial charge in [0, 0.05) is 38.6 Å². The summed E-state index contributed by atoms with van der Waals surface area (Å²) in [6, 6.07) is 15.1. The van der Waals surface area contributed by atoms with E-state index in [1.807, 2.05) is 29.2 Å². The lowest BCUT2D eigenvalue weighted by Crippen LogP contribution is -2.50. The molecule has 4 rings (SSSR count). The van der Waals surface area contributed by atoms with Crippen molar-refractivity contribution >= 4 is 5.91 Å². The second-order valence-electron chi connectivity index (χ2n) is 8.74. The molecule has 0 radical (unpaired) electrons. The maximum Gasteiger partial charge on any atom is 0.222 e. The SMILES string of the molecule is COc1ccc(CCC(=O)N2CCC(N3CCC(Oc4ccccc4F)CC3)CC2)cc1. The largest absolute Gasteiger partial charge is 0.497 e. The van der Waals surface area contributed by atoms with Gasteiger partial charge >= 0.3 is 0 Å². The summed E-state index contributed by atoms with van der Waals surface area (Å²) >= 11 is 0. The molecule has 0 aliphatic carbocycles. The Morgan fingerprint density at radius 3 is 2.31 bits per heavy atom. The number of hydrogen-bond donors (Lipinski definition) is 0. The Balaban J connectivity index is 1.17. The van der Waals surface area contributed by atoms with Crippen LogP contribution < -0.4 is 9.47 Å². The number of ether oxygens (including phenoxy) is 2. The van der Waals surface area contributed by atoms with E-state index in [0.29, 0.717) is 18.2 Å². The van der Waals surface area contributed by atoms with Crippen LogP contribution in [0.2, 0.25) is 0 Å². The Kier molecular flexibility index (Phi) is 7.63. The normalized spacial score (nSPS) is 18.5. The summed E-state index contributed by atoms with van der Waals surface area (Å²) in [6.07, 6.45) is 5.25. The monoisotopic (exact) mass is 440 g/mol. The molecule has 0 aromatic heterocycles. The molecular formula is C26H33FN2O3. The molecule has 2 aromatic rings. The molecule has 2 aliphatic heterocycles. The molecule has 0 N–H and O–H groups in total. The predicted octanol–water partition coefficient (Wildman–Crippen LogP) is 4.30. The quantitative estimate of drug-likeness (QED) is 0.644. The Morgan fingerprint density at radius 1 is 0.969 bits per heavy atom. The molecule has 5 nitrogen and oxygen atoms in total. The summed E-state index contributed by atoms with van der Waals surface area (Å²) in [5, 5.41) is 0. The van der Waals surface area contributed by atoms with E-state index in [-0.39, 0.29) is 17.8 Å². The van der Waals surface area contributed by atoms with Gasteiger partial charge in [0.1, 0.15) is 11.9 Å². The minimum Gasteiger partial charge on any atom is -0.497 e. The van der Waals surface area contributed by atoms with Crippen molar-refractivity contribution in [2.45, 2.75) is 50.7 Å². The van der Waals surface area contributed by atoms with Crippen molar-refractivity contribution in [1.29, 1.82) is 0 Å². The number of amides is 1. The zero-order valence-electron chi connectivity index (χ0n) is 18.8. The van der Waals surface area contributed by atoms with Crippen LogP contribution >= 0.6 is 0 Å². The van der Waals surface area contributed by atoms with Crippen molar-refractivity contribution in [2.75, 3.05) is 33.3 Å². The second kappa shape index (κ2) is 10.8. The lowest BCUT2D eigenvalue weighted by Gasteiger charge is -2.41. The Bertz CT molecular complexity index is 873. The molecule has 2 aromatic carbocycles. The molecule has 2 saturated heterocycles. The van der Waals surface area contributed by atoms with Crippen LogP contribution in [0.15, 0.2) is 48.5 Å². The van der Waals surface area contributed by atoms with Gasteiger partial charge in [-0.1, -0.05) is 24.3 Å². The fraction of sp³-hybridized carbons (Fsp3) is 0.500. The van der Waals surface area contributed by atoms with Gasteiger partial charge in [0.05, 0.1) is 7.11 Å². The molecule has 2 aliphatic rings. The van der Waals surface area contributed by atoms with E-state index in [0.717, 1.165) is 69.6 Å². The van der Waals surface area contributed by atoms with E-state index < -0.39 is 0 Å². The molecule has 0 saturated carbocycles. The molecule has 172 valence electrons. The zero-order chi connectivity index (χ0) is 22.3. The highest BCUT2D eigenvalue weighted by Gasteiger charge is 2.30. The first-order chi connectivity index (χ1) is 15.6. The molecular weight excluding hydrogens is 407 g/mol. The van der Waals surface area contributed by atoms with E-state index >= 15 is 0 Å². The molecule has 0 unspecified atom stereocenters. The highest BCUT2D eigenvalue weighted by Crippen LogP contribution is 2.25. The molecule has 32 heavy (non-hydrogen) atoms.